The molecule has 2 aliphatic rings. The normalized spacial score (nSPS) is 28.8. The van der Waals surface area contributed by atoms with Crippen molar-refractivity contribution in [1.29, 1.82) is 0 Å². The van der Waals surface area contributed by atoms with Gasteiger partial charge in [0.2, 0.25) is 5.91 Å². The molecule has 170 valence electrons. The average Bonchev–Trinajstić information content (AvgIpc) is 2.64. The molecule has 0 aliphatic carbocycles. The smallest absolute Gasteiger partial charge is 0.238 e. The van der Waals surface area contributed by atoms with E-state index in [2.05, 4.69) is 87.2 Å². The molecular formula is C23H47N5O. The van der Waals surface area contributed by atoms with Crippen molar-refractivity contribution in [2.24, 2.45) is 0 Å². The highest BCUT2D eigenvalue weighted by molar-refractivity contribution is 5.82. The number of carbonyl (C=O) groups excluding carboxylic acids is 1. The standard InChI is InChI=1S/C23H47N5O/c1-16(2)25-10-11-27(18(5)6)22(15-25)23(29)24-12-21-14-26(17(3)4)13-20(9)28(21)19(7)8/h16-22H,10-15H2,1-9H3,(H,24,29). The fourth-order valence-electron chi connectivity index (χ4n) is 5.23. The van der Waals surface area contributed by atoms with Crippen molar-refractivity contribution in [3.05, 3.63) is 0 Å². The van der Waals surface area contributed by atoms with E-state index in [1.54, 1.807) is 0 Å². The zero-order chi connectivity index (χ0) is 21.9. The Morgan fingerprint density at radius 1 is 0.828 bits per heavy atom. The lowest BCUT2D eigenvalue weighted by Gasteiger charge is -2.49. The first kappa shape index (κ1) is 24.6. The maximum absolute atomic E-state index is 13.3. The van der Waals surface area contributed by atoms with Gasteiger partial charge in [0.25, 0.3) is 0 Å². The molecule has 2 rings (SSSR count). The number of hydrogen-bond acceptors (Lipinski definition) is 5. The number of carbonyl (C=O) groups is 1. The van der Waals surface area contributed by atoms with Crippen LogP contribution in [0.15, 0.2) is 0 Å². The molecule has 3 unspecified atom stereocenters. The zero-order valence-electron chi connectivity index (χ0n) is 20.5. The van der Waals surface area contributed by atoms with Crippen molar-refractivity contribution in [3.8, 4) is 0 Å². The molecule has 2 saturated heterocycles. The lowest BCUT2D eigenvalue weighted by molar-refractivity contribution is -0.131. The van der Waals surface area contributed by atoms with Gasteiger partial charge in [-0.15, -0.1) is 0 Å². The molecule has 0 radical (unpaired) electrons. The van der Waals surface area contributed by atoms with E-state index in [4.69, 9.17) is 0 Å². The lowest BCUT2D eigenvalue weighted by Crippen LogP contribution is -2.65. The van der Waals surface area contributed by atoms with Crippen molar-refractivity contribution in [2.75, 3.05) is 39.3 Å². The molecule has 2 aliphatic heterocycles. The summed E-state index contributed by atoms with van der Waals surface area (Å²) in [6.45, 7) is 26.0. The second-order valence-corrected chi connectivity index (χ2v) is 10.3. The molecule has 0 aromatic heterocycles. The van der Waals surface area contributed by atoms with Gasteiger partial charge in [-0.05, 0) is 62.3 Å². The summed E-state index contributed by atoms with van der Waals surface area (Å²) in [5, 5.41) is 3.36. The highest BCUT2D eigenvalue weighted by atomic mass is 16.2. The van der Waals surface area contributed by atoms with Gasteiger partial charge in [-0.25, -0.2) is 0 Å². The molecular weight excluding hydrogens is 362 g/mol. The third-order valence-electron chi connectivity index (χ3n) is 6.86. The van der Waals surface area contributed by atoms with Crippen LogP contribution in [0.1, 0.15) is 62.3 Å². The van der Waals surface area contributed by atoms with Crippen LogP contribution in [-0.4, -0.2) is 107 Å². The van der Waals surface area contributed by atoms with Crippen LogP contribution < -0.4 is 5.32 Å². The minimum atomic E-state index is -0.0548. The van der Waals surface area contributed by atoms with E-state index in [9.17, 15) is 4.79 Å². The van der Waals surface area contributed by atoms with E-state index >= 15 is 0 Å². The number of amides is 1. The Bertz CT molecular complexity index is 521. The summed E-state index contributed by atoms with van der Waals surface area (Å²) in [7, 11) is 0. The van der Waals surface area contributed by atoms with Crippen LogP contribution in [-0.2, 0) is 4.79 Å². The third kappa shape index (κ3) is 6.16. The number of hydrogen-bond donors (Lipinski definition) is 1. The number of nitrogens with one attached hydrogen (secondary N) is 1. The van der Waals surface area contributed by atoms with E-state index in [1.165, 1.54) is 0 Å². The van der Waals surface area contributed by atoms with Crippen molar-refractivity contribution < 1.29 is 4.79 Å². The van der Waals surface area contributed by atoms with Crippen molar-refractivity contribution in [1.82, 2.24) is 24.9 Å². The molecule has 0 aromatic carbocycles. The predicted octanol–water partition coefficient (Wildman–Crippen LogP) is 2.10. The average molecular weight is 410 g/mol. The van der Waals surface area contributed by atoms with Crippen LogP contribution in [0, 0.1) is 0 Å². The summed E-state index contributed by atoms with van der Waals surface area (Å²) < 4.78 is 0. The van der Waals surface area contributed by atoms with E-state index in [-0.39, 0.29) is 11.9 Å². The third-order valence-corrected chi connectivity index (χ3v) is 6.86. The minimum absolute atomic E-state index is 0.0548. The Morgan fingerprint density at radius 3 is 1.97 bits per heavy atom. The topological polar surface area (TPSA) is 42.1 Å². The van der Waals surface area contributed by atoms with E-state index < -0.39 is 0 Å². The first-order valence-corrected chi connectivity index (χ1v) is 11.8. The maximum Gasteiger partial charge on any atom is 0.238 e. The van der Waals surface area contributed by atoms with Crippen LogP contribution in [0.25, 0.3) is 0 Å². The number of piperazine rings is 2. The summed E-state index contributed by atoms with van der Waals surface area (Å²) in [6.07, 6.45) is 0. The van der Waals surface area contributed by atoms with E-state index in [1.807, 2.05) is 0 Å². The largest absolute Gasteiger partial charge is 0.353 e. The Kier molecular flexibility index (Phi) is 8.95. The van der Waals surface area contributed by atoms with Gasteiger partial charge in [0.15, 0.2) is 0 Å². The molecule has 0 aromatic rings. The first-order valence-electron chi connectivity index (χ1n) is 11.8. The van der Waals surface area contributed by atoms with Crippen molar-refractivity contribution >= 4 is 5.91 Å². The van der Waals surface area contributed by atoms with Crippen LogP contribution in [0.3, 0.4) is 0 Å². The van der Waals surface area contributed by atoms with Crippen molar-refractivity contribution in [2.45, 2.75) is 105 Å². The SMILES string of the molecule is CC(C)N1CCN(C(C)C)C(C(=O)NCC2CN(C(C)C)CC(C)N2C(C)C)C1. The lowest BCUT2D eigenvalue weighted by atomic mass is 10.0. The molecule has 3 atom stereocenters. The Hall–Kier alpha value is -0.690. The quantitative estimate of drug-likeness (QED) is 0.697. The summed E-state index contributed by atoms with van der Waals surface area (Å²) in [5.41, 5.74) is 0. The maximum atomic E-state index is 13.3. The number of nitrogens with zero attached hydrogens (tertiary/aromatic N) is 4. The zero-order valence-corrected chi connectivity index (χ0v) is 20.5. The monoisotopic (exact) mass is 409 g/mol. The van der Waals surface area contributed by atoms with Gasteiger partial charge in [0.1, 0.15) is 6.04 Å². The fourth-order valence-corrected chi connectivity index (χ4v) is 5.23. The molecule has 0 bridgehead atoms. The molecule has 0 saturated carbocycles. The fraction of sp³-hybridized carbons (Fsp3) is 0.957. The van der Waals surface area contributed by atoms with Gasteiger partial charge >= 0.3 is 0 Å². The van der Waals surface area contributed by atoms with Crippen LogP contribution in [0.4, 0.5) is 0 Å². The second kappa shape index (κ2) is 10.6. The van der Waals surface area contributed by atoms with Crippen molar-refractivity contribution in [3.63, 3.8) is 0 Å². The molecule has 29 heavy (non-hydrogen) atoms. The molecule has 2 heterocycles. The minimum Gasteiger partial charge on any atom is -0.353 e. The van der Waals surface area contributed by atoms with Gasteiger partial charge in [0.05, 0.1) is 0 Å². The highest BCUT2D eigenvalue weighted by Gasteiger charge is 2.37. The van der Waals surface area contributed by atoms with Gasteiger partial charge in [-0.3, -0.25) is 24.4 Å². The van der Waals surface area contributed by atoms with Gasteiger partial charge in [-0.2, -0.15) is 0 Å². The summed E-state index contributed by atoms with van der Waals surface area (Å²) in [4.78, 5) is 23.3. The number of rotatable bonds is 7. The highest BCUT2D eigenvalue weighted by Crippen LogP contribution is 2.21. The first-order chi connectivity index (χ1) is 13.5. The van der Waals surface area contributed by atoms with Gasteiger partial charge in [-0.1, -0.05) is 0 Å². The second-order valence-electron chi connectivity index (χ2n) is 10.3. The molecule has 1 N–H and O–H groups in total. The Balaban J connectivity index is 2.06. The summed E-state index contributed by atoms with van der Waals surface area (Å²) in [6, 6.07) is 2.71. The molecule has 1 amide bonds. The van der Waals surface area contributed by atoms with Crippen LogP contribution in [0.2, 0.25) is 0 Å². The summed E-state index contributed by atoms with van der Waals surface area (Å²) >= 11 is 0. The predicted molar refractivity (Wildman–Crippen MR) is 122 cm³/mol. The van der Waals surface area contributed by atoms with E-state index in [0.717, 1.165) is 39.3 Å². The molecule has 2 fully saturated rings. The molecule has 6 heteroatoms. The van der Waals surface area contributed by atoms with Crippen LogP contribution >= 0.6 is 0 Å². The Labute approximate surface area is 180 Å². The molecule has 6 nitrogen and oxygen atoms in total. The van der Waals surface area contributed by atoms with Gasteiger partial charge < -0.3 is 5.32 Å². The molecule has 0 spiro atoms. The summed E-state index contributed by atoms with van der Waals surface area (Å²) in [5.74, 6) is 0.196. The van der Waals surface area contributed by atoms with E-state index in [0.29, 0.717) is 36.3 Å². The van der Waals surface area contributed by atoms with Gasteiger partial charge in [0, 0.05) is 75.5 Å². The van der Waals surface area contributed by atoms with Crippen LogP contribution in [0.5, 0.6) is 0 Å². The Morgan fingerprint density at radius 2 is 1.45 bits per heavy atom.